The van der Waals surface area contributed by atoms with Gasteiger partial charge in [-0.25, -0.2) is 0 Å². The Bertz CT molecular complexity index is 433. The first kappa shape index (κ1) is 8.10. The van der Waals surface area contributed by atoms with E-state index in [9.17, 15) is 0 Å². The van der Waals surface area contributed by atoms with Gasteiger partial charge in [-0.05, 0) is 24.3 Å². The first-order chi connectivity index (χ1) is 6.16. The molecule has 0 atom stereocenters. The molecule has 1 aromatic carbocycles. The second-order valence-electron chi connectivity index (χ2n) is 2.82. The van der Waals surface area contributed by atoms with E-state index < -0.39 is 6.29 Å². The number of fused-ring (bicyclic) bond motifs is 1. The lowest BCUT2D eigenvalue weighted by atomic mass is 10.2. The minimum absolute atomic E-state index is 0.126. The Labute approximate surface area is 74.2 Å². The number of aliphatic hydroxyl groups is 2. The van der Waals surface area contributed by atoms with Crippen LogP contribution in [0.3, 0.4) is 0 Å². The van der Waals surface area contributed by atoms with E-state index in [1.807, 2.05) is 0 Å². The van der Waals surface area contributed by atoms with E-state index in [2.05, 4.69) is 0 Å². The topological polar surface area (TPSA) is 79.6 Å². The van der Waals surface area contributed by atoms with Crippen LogP contribution in [0, 0.1) is 0 Å². The molecule has 0 aliphatic rings. The fourth-order valence-electron chi connectivity index (χ4n) is 1.21. The predicted octanol–water partition coefficient (Wildman–Crippen LogP) is 0.998. The highest BCUT2D eigenvalue weighted by molar-refractivity contribution is 5.81. The normalized spacial score (nSPS) is 11.3. The minimum atomic E-state index is -1.58. The molecule has 4 heteroatoms. The summed E-state index contributed by atoms with van der Waals surface area (Å²) in [7, 11) is 0. The summed E-state index contributed by atoms with van der Waals surface area (Å²) in [5.74, 6) is 0.126. The van der Waals surface area contributed by atoms with Gasteiger partial charge in [0, 0.05) is 11.1 Å². The van der Waals surface area contributed by atoms with Crippen LogP contribution < -0.4 is 5.73 Å². The summed E-state index contributed by atoms with van der Waals surface area (Å²) in [4.78, 5) is 0. The number of benzene rings is 1. The number of anilines is 1. The maximum atomic E-state index is 8.82. The Hall–Kier alpha value is -1.52. The average molecular weight is 179 g/mol. The SMILES string of the molecule is Nc1ccc2oc(C(O)O)cc2c1. The smallest absolute Gasteiger partial charge is 0.212 e. The van der Waals surface area contributed by atoms with Crippen molar-refractivity contribution in [3.05, 3.63) is 30.0 Å². The quantitative estimate of drug-likeness (QED) is 0.450. The Morgan fingerprint density at radius 1 is 1.23 bits per heavy atom. The van der Waals surface area contributed by atoms with Crippen molar-refractivity contribution < 1.29 is 14.6 Å². The molecular weight excluding hydrogens is 170 g/mol. The van der Waals surface area contributed by atoms with Crippen LogP contribution in [0.25, 0.3) is 11.0 Å². The molecule has 0 radical (unpaired) electrons. The Balaban J connectivity index is 2.62. The Morgan fingerprint density at radius 2 is 2.00 bits per heavy atom. The molecule has 0 saturated carbocycles. The highest BCUT2D eigenvalue weighted by Gasteiger charge is 2.09. The van der Waals surface area contributed by atoms with Gasteiger partial charge in [-0.3, -0.25) is 0 Å². The molecule has 13 heavy (non-hydrogen) atoms. The van der Waals surface area contributed by atoms with Crippen LogP contribution in [-0.2, 0) is 0 Å². The molecule has 0 unspecified atom stereocenters. The van der Waals surface area contributed by atoms with Gasteiger partial charge in [-0.2, -0.15) is 0 Å². The van der Waals surface area contributed by atoms with Crippen molar-refractivity contribution in [2.24, 2.45) is 0 Å². The molecule has 1 aromatic heterocycles. The summed E-state index contributed by atoms with van der Waals surface area (Å²) < 4.78 is 5.13. The van der Waals surface area contributed by atoms with Crippen molar-refractivity contribution in [3.8, 4) is 0 Å². The fourth-order valence-corrected chi connectivity index (χ4v) is 1.21. The number of furan rings is 1. The zero-order chi connectivity index (χ0) is 9.42. The minimum Gasteiger partial charge on any atom is -0.456 e. The monoisotopic (exact) mass is 179 g/mol. The molecule has 4 N–H and O–H groups in total. The first-order valence-electron chi connectivity index (χ1n) is 3.82. The van der Waals surface area contributed by atoms with Crippen molar-refractivity contribution >= 4 is 16.7 Å². The molecule has 4 nitrogen and oxygen atoms in total. The third kappa shape index (κ3) is 1.37. The van der Waals surface area contributed by atoms with E-state index in [0.717, 1.165) is 5.39 Å². The largest absolute Gasteiger partial charge is 0.456 e. The molecule has 0 amide bonds. The van der Waals surface area contributed by atoms with Gasteiger partial charge in [0.15, 0.2) is 5.76 Å². The summed E-state index contributed by atoms with van der Waals surface area (Å²) in [5.41, 5.74) is 6.76. The van der Waals surface area contributed by atoms with Gasteiger partial charge in [-0.15, -0.1) is 0 Å². The van der Waals surface area contributed by atoms with Crippen LogP contribution in [0.1, 0.15) is 12.1 Å². The Kier molecular flexibility index (Phi) is 1.72. The molecule has 0 aliphatic carbocycles. The molecule has 2 aromatic rings. The van der Waals surface area contributed by atoms with E-state index in [1.54, 1.807) is 24.3 Å². The molecule has 0 spiro atoms. The molecule has 1 heterocycles. The number of aliphatic hydroxyl groups excluding tert-OH is 1. The molecular formula is C9H9NO3. The van der Waals surface area contributed by atoms with Gasteiger partial charge in [0.2, 0.25) is 6.29 Å². The van der Waals surface area contributed by atoms with E-state index in [4.69, 9.17) is 20.4 Å². The molecule has 0 saturated heterocycles. The van der Waals surface area contributed by atoms with Crippen LogP contribution in [0.2, 0.25) is 0 Å². The van der Waals surface area contributed by atoms with Gasteiger partial charge >= 0.3 is 0 Å². The lowest BCUT2D eigenvalue weighted by Crippen LogP contribution is -1.90. The highest BCUT2D eigenvalue weighted by atomic mass is 16.5. The van der Waals surface area contributed by atoms with Gasteiger partial charge < -0.3 is 20.4 Å². The summed E-state index contributed by atoms with van der Waals surface area (Å²) in [6, 6.07) is 6.65. The van der Waals surface area contributed by atoms with Crippen LogP contribution in [-0.4, -0.2) is 10.2 Å². The van der Waals surface area contributed by atoms with Crippen LogP contribution in [0.5, 0.6) is 0 Å². The number of hydrogen-bond acceptors (Lipinski definition) is 4. The van der Waals surface area contributed by atoms with Crippen molar-refractivity contribution in [1.29, 1.82) is 0 Å². The van der Waals surface area contributed by atoms with Crippen molar-refractivity contribution in [2.75, 3.05) is 5.73 Å². The summed E-state index contributed by atoms with van der Waals surface area (Å²) >= 11 is 0. The summed E-state index contributed by atoms with van der Waals surface area (Å²) in [6.45, 7) is 0. The van der Waals surface area contributed by atoms with E-state index in [1.165, 1.54) is 0 Å². The number of rotatable bonds is 1. The van der Waals surface area contributed by atoms with Crippen molar-refractivity contribution in [3.63, 3.8) is 0 Å². The van der Waals surface area contributed by atoms with Gasteiger partial charge in [0.05, 0.1) is 0 Å². The van der Waals surface area contributed by atoms with E-state index in [-0.39, 0.29) is 5.76 Å². The van der Waals surface area contributed by atoms with Gasteiger partial charge in [0.1, 0.15) is 5.58 Å². The second-order valence-corrected chi connectivity index (χ2v) is 2.82. The van der Waals surface area contributed by atoms with Gasteiger partial charge in [0.25, 0.3) is 0 Å². The number of hydrogen-bond donors (Lipinski definition) is 3. The zero-order valence-electron chi connectivity index (χ0n) is 6.77. The summed E-state index contributed by atoms with van der Waals surface area (Å²) in [6.07, 6.45) is -1.58. The lowest BCUT2D eigenvalue weighted by molar-refractivity contribution is -0.0571. The van der Waals surface area contributed by atoms with Gasteiger partial charge in [-0.1, -0.05) is 0 Å². The van der Waals surface area contributed by atoms with Crippen molar-refractivity contribution in [2.45, 2.75) is 6.29 Å². The van der Waals surface area contributed by atoms with Crippen LogP contribution in [0.4, 0.5) is 5.69 Å². The predicted molar refractivity (Wildman–Crippen MR) is 47.8 cm³/mol. The van der Waals surface area contributed by atoms with E-state index in [0.29, 0.717) is 11.3 Å². The highest BCUT2D eigenvalue weighted by Crippen LogP contribution is 2.24. The van der Waals surface area contributed by atoms with E-state index >= 15 is 0 Å². The molecule has 2 rings (SSSR count). The van der Waals surface area contributed by atoms with Crippen LogP contribution >= 0.6 is 0 Å². The molecule has 0 bridgehead atoms. The second kappa shape index (κ2) is 2.76. The molecule has 0 fully saturated rings. The number of nitrogens with two attached hydrogens (primary N) is 1. The van der Waals surface area contributed by atoms with Crippen LogP contribution in [0.15, 0.2) is 28.7 Å². The third-order valence-electron chi connectivity index (χ3n) is 1.81. The maximum Gasteiger partial charge on any atom is 0.212 e. The first-order valence-corrected chi connectivity index (χ1v) is 3.82. The molecule has 0 aliphatic heterocycles. The average Bonchev–Trinajstić information content (AvgIpc) is 2.46. The standard InChI is InChI=1S/C9H9NO3/c10-6-1-2-7-5(3-6)4-8(13-7)9(11)12/h1-4,9,11-12H,10H2. The molecule has 68 valence electrons. The van der Waals surface area contributed by atoms with Crippen molar-refractivity contribution in [1.82, 2.24) is 0 Å². The third-order valence-corrected chi connectivity index (χ3v) is 1.81. The number of nitrogen functional groups attached to an aromatic ring is 1. The maximum absolute atomic E-state index is 8.82. The summed E-state index contributed by atoms with van der Waals surface area (Å²) in [5, 5.41) is 18.4. The lowest BCUT2D eigenvalue weighted by Gasteiger charge is -1.94. The fraction of sp³-hybridized carbons (Fsp3) is 0.111. The Morgan fingerprint density at radius 3 is 2.69 bits per heavy atom. The zero-order valence-corrected chi connectivity index (χ0v) is 6.77.